The summed E-state index contributed by atoms with van der Waals surface area (Å²) in [6.45, 7) is 5.19. The number of Topliss-reactive ketones (excluding diaryl/α,β-unsaturated/α-hetero) is 1. The summed E-state index contributed by atoms with van der Waals surface area (Å²) in [5.41, 5.74) is 0.0571. The van der Waals surface area contributed by atoms with Gasteiger partial charge in [-0.15, -0.1) is 0 Å². The number of carbonyl (C=O) groups excluding carboxylic acids is 2. The molecule has 0 radical (unpaired) electrons. The van der Waals surface area contributed by atoms with Gasteiger partial charge in [0.25, 0.3) is 5.97 Å². The standard InChI is InChI=1S/C10H16O3.C2H4O2/c1-10(2)5-4-7(8(11)6-10)9(12)13-3;1-2(3)4/h7H,4-6H2,1-3H3;1H3,(H,3,4). The van der Waals surface area contributed by atoms with Crippen LogP contribution < -0.4 is 0 Å². The highest BCUT2D eigenvalue weighted by Gasteiger charge is 2.37. The first-order valence-corrected chi connectivity index (χ1v) is 5.49. The molecule has 1 fully saturated rings. The van der Waals surface area contributed by atoms with Crippen molar-refractivity contribution in [2.24, 2.45) is 11.3 Å². The molecule has 0 aliphatic heterocycles. The average molecular weight is 244 g/mol. The van der Waals surface area contributed by atoms with Gasteiger partial charge >= 0.3 is 5.97 Å². The highest BCUT2D eigenvalue weighted by molar-refractivity contribution is 5.99. The molecule has 1 rings (SSSR count). The van der Waals surface area contributed by atoms with Crippen LogP contribution in [0.5, 0.6) is 0 Å². The highest BCUT2D eigenvalue weighted by Crippen LogP contribution is 2.36. The van der Waals surface area contributed by atoms with E-state index < -0.39 is 11.9 Å². The summed E-state index contributed by atoms with van der Waals surface area (Å²) < 4.78 is 4.57. The Morgan fingerprint density at radius 2 is 1.88 bits per heavy atom. The third-order valence-corrected chi connectivity index (χ3v) is 2.64. The van der Waals surface area contributed by atoms with Gasteiger partial charge in [0.15, 0.2) is 0 Å². The van der Waals surface area contributed by atoms with Gasteiger partial charge in [-0.05, 0) is 18.3 Å². The van der Waals surface area contributed by atoms with Crippen molar-refractivity contribution in [1.29, 1.82) is 0 Å². The summed E-state index contributed by atoms with van der Waals surface area (Å²) in [6.07, 6.45) is 2.05. The number of ether oxygens (including phenoxy) is 1. The fourth-order valence-corrected chi connectivity index (χ4v) is 1.77. The molecule has 0 spiro atoms. The van der Waals surface area contributed by atoms with Crippen LogP contribution in [-0.4, -0.2) is 29.9 Å². The van der Waals surface area contributed by atoms with Crippen LogP contribution in [0.2, 0.25) is 0 Å². The van der Waals surface area contributed by atoms with E-state index in [2.05, 4.69) is 18.6 Å². The van der Waals surface area contributed by atoms with Crippen molar-refractivity contribution in [2.75, 3.05) is 7.11 Å². The van der Waals surface area contributed by atoms with E-state index in [1.807, 2.05) is 0 Å². The average Bonchev–Trinajstić information content (AvgIpc) is 2.14. The Morgan fingerprint density at radius 1 is 1.41 bits per heavy atom. The second kappa shape index (κ2) is 6.37. The van der Waals surface area contributed by atoms with E-state index in [1.54, 1.807) is 0 Å². The summed E-state index contributed by atoms with van der Waals surface area (Å²) in [7, 11) is 1.33. The first-order chi connectivity index (χ1) is 7.69. The summed E-state index contributed by atoms with van der Waals surface area (Å²) in [6, 6.07) is 0. The molecule has 0 saturated heterocycles. The molecular weight excluding hydrogens is 224 g/mol. The monoisotopic (exact) mass is 244 g/mol. The number of esters is 1. The third-order valence-electron chi connectivity index (χ3n) is 2.64. The minimum Gasteiger partial charge on any atom is -0.481 e. The summed E-state index contributed by atoms with van der Waals surface area (Å²) in [4.78, 5) is 31.7. The first kappa shape index (κ1) is 15.6. The van der Waals surface area contributed by atoms with Gasteiger partial charge in [-0.3, -0.25) is 14.4 Å². The summed E-state index contributed by atoms with van der Waals surface area (Å²) in [5.74, 6) is -1.68. The second-order valence-corrected chi connectivity index (χ2v) is 4.94. The van der Waals surface area contributed by atoms with E-state index in [0.717, 1.165) is 13.3 Å². The minimum atomic E-state index is -0.833. The molecule has 0 heterocycles. The lowest BCUT2D eigenvalue weighted by atomic mass is 9.72. The molecule has 1 atom stereocenters. The minimum absolute atomic E-state index is 0.0306. The smallest absolute Gasteiger partial charge is 0.316 e. The van der Waals surface area contributed by atoms with Crippen LogP contribution in [0.3, 0.4) is 0 Å². The molecule has 1 aliphatic carbocycles. The lowest BCUT2D eigenvalue weighted by Gasteiger charge is -2.31. The number of carboxylic acid groups (broad SMARTS) is 1. The Morgan fingerprint density at radius 3 is 2.24 bits per heavy atom. The van der Waals surface area contributed by atoms with Gasteiger partial charge in [0, 0.05) is 13.3 Å². The van der Waals surface area contributed by atoms with Crippen LogP contribution in [0.4, 0.5) is 0 Å². The zero-order chi connectivity index (χ0) is 13.6. The number of hydrogen-bond acceptors (Lipinski definition) is 4. The van der Waals surface area contributed by atoms with Gasteiger partial charge in [-0.1, -0.05) is 13.8 Å². The molecule has 1 unspecified atom stereocenters. The van der Waals surface area contributed by atoms with Gasteiger partial charge in [0.05, 0.1) is 7.11 Å². The third kappa shape index (κ3) is 6.04. The zero-order valence-electron chi connectivity index (χ0n) is 10.8. The van der Waals surface area contributed by atoms with Gasteiger partial charge in [-0.25, -0.2) is 0 Å². The maximum absolute atomic E-state index is 11.5. The van der Waals surface area contributed by atoms with E-state index in [0.29, 0.717) is 12.8 Å². The van der Waals surface area contributed by atoms with Crippen molar-refractivity contribution in [2.45, 2.75) is 40.0 Å². The van der Waals surface area contributed by atoms with E-state index in [4.69, 9.17) is 9.90 Å². The Kier molecular flexibility index (Phi) is 5.85. The zero-order valence-corrected chi connectivity index (χ0v) is 10.8. The van der Waals surface area contributed by atoms with E-state index in [1.165, 1.54) is 7.11 Å². The van der Waals surface area contributed by atoms with Crippen molar-refractivity contribution in [1.82, 2.24) is 0 Å². The molecule has 0 bridgehead atoms. The largest absolute Gasteiger partial charge is 0.481 e. The Balaban J connectivity index is 0.000000557. The molecule has 5 heteroatoms. The molecule has 17 heavy (non-hydrogen) atoms. The number of carboxylic acids is 1. The fraction of sp³-hybridized carbons (Fsp3) is 0.750. The highest BCUT2D eigenvalue weighted by atomic mass is 16.5. The molecule has 1 saturated carbocycles. The molecule has 0 aromatic heterocycles. The quantitative estimate of drug-likeness (QED) is 0.560. The van der Waals surface area contributed by atoms with Crippen molar-refractivity contribution in [3.63, 3.8) is 0 Å². The van der Waals surface area contributed by atoms with Crippen LogP contribution in [0.25, 0.3) is 0 Å². The number of rotatable bonds is 1. The number of aliphatic carboxylic acids is 1. The van der Waals surface area contributed by atoms with Gasteiger partial charge < -0.3 is 9.84 Å². The lowest BCUT2D eigenvalue weighted by Crippen LogP contribution is -2.35. The number of methoxy groups -OCH3 is 1. The van der Waals surface area contributed by atoms with Crippen molar-refractivity contribution >= 4 is 17.7 Å². The van der Waals surface area contributed by atoms with Gasteiger partial charge in [0.2, 0.25) is 0 Å². The van der Waals surface area contributed by atoms with Crippen molar-refractivity contribution in [3.05, 3.63) is 0 Å². The number of ketones is 1. The predicted octanol–water partition coefficient (Wildman–Crippen LogP) is 1.65. The molecule has 0 amide bonds. The first-order valence-electron chi connectivity index (χ1n) is 5.49. The van der Waals surface area contributed by atoms with Crippen molar-refractivity contribution < 1.29 is 24.2 Å². The molecule has 1 N–H and O–H groups in total. The summed E-state index contributed by atoms with van der Waals surface area (Å²) >= 11 is 0. The van der Waals surface area contributed by atoms with E-state index >= 15 is 0 Å². The van der Waals surface area contributed by atoms with E-state index in [-0.39, 0.29) is 17.2 Å². The normalized spacial score (nSPS) is 22.1. The van der Waals surface area contributed by atoms with E-state index in [9.17, 15) is 9.59 Å². The lowest BCUT2D eigenvalue weighted by molar-refractivity contribution is -0.152. The fourth-order valence-electron chi connectivity index (χ4n) is 1.77. The Bertz CT molecular complexity index is 302. The molecule has 0 aromatic carbocycles. The van der Waals surface area contributed by atoms with Crippen LogP contribution in [-0.2, 0) is 19.1 Å². The molecule has 98 valence electrons. The van der Waals surface area contributed by atoms with Crippen LogP contribution in [0.1, 0.15) is 40.0 Å². The number of carbonyl (C=O) groups is 3. The Hall–Kier alpha value is -1.39. The molecule has 1 aliphatic rings. The van der Waals surface area contributed by atoms with Crippen LogP contribution in [0, 0.1) is 11.3 Å². The SMILES string of the molecule is CC(=O)O.COC(=O)C1CCC(C)(C)CC1=O. The van der Waals surface area contributed by atoms with Gasteiger partial charge in [0.1, 0.15) is 11.7 Å². The van der Waals surface area contributed by atoms with Gasteiger partial charge in [-0.2, -0.15) is 0 Å². The maximum atomic E-state index is 11.5. The van der Waals surface area contributed by atoms with Crippen molar-refractivity contribution in [3.8, 4) is 0 Å². The van der Waals surface area contributed by atoms with Crippen LogP contribution in [0.15, 0.2) is 0 Å². The Labute approximate surface area is 101 Å². The topological polar surface area (TPSA) is 80.7 Å². The maximum Gasteiger partial charge on any atom is 0.316 e. The molecule has 0 aromatic rings. The van der Waals surface area contributed by atoms with Crippen LogP contribution >= 0.6 is 0 Å². The second-order valence-electron chi connectivity index (χ2n) is 4.94. The molecule has 5 nitrogen and oxygen atoms in total. The summed E-state index contributed by atoms with van der Waals surface area (Å²) in [5, 5.41) is 7.42. The molecular formula is C12H20O5. The predicted molar refractivity (Wildman–Crippen MR) is 61.5 cm³/mol. The number of hydrogen-bond donors (Lipinski definition) is 1.